The number of sulfonamides is 1. The average Bonchev–Trinajstić information content (AvgIpc) is 1.89. The zero-order valence-electron chi connectivity index (χ0n) is 6.56. The summed E-state index contributed by atoms with van der Waals surface area (Å²) in [6, 6.07) is 0. The number of hydrogen-bond acceptors (Lipinski definition) is 2. The van der Waals surface area contributed by atoms with Crippen molar-refractivity contribution >= 4 is 10.0 Å². The molecule has 0 aliphatic carbocycles. The third-order valence-electron chi connectivity index (χ3n) is 1.48. The monoisotopic (exact) mass is 177 g/mol. The van der Waals surface area contributed by atoms with Crippen molar-refractivity contribution in [2.24, 2.45) is 4.52 Å². The van der Waals surface area contributed by atoms with Gasteiger partial charge < -0.3 is 0 Å². The minimum atomic E-state index is -3.56. The second-order valence-corrected chi connectivity index (χ2v) is 3.98. The maximum absolute atomic E-state index is 11.0. The van der Waals surface area contributed by atoms with E-state index in [0.29, 0.717) is 12.8 Å². The van der Waals surface area contributed by atoms with Crippen LogP contribution in [-0.2, 0) is 10.0 Å². The highest BCUT2D eigenvalue weighted by atomic mass is 32.2. The molecule has 0 unspecified atom stereocenters. The van der Waals surface area contributed by atoms with Crippen molar-refractivity contribution in [2.75, 3.05) is 0 Å². The molecule has 0 aromatic rings. The highest BCUT2D eigenvalue weighted by molar-refractivity contribution is 7.90. The van der Waals surface area contributed by atoms with Crippen molar-refractivity contribution in [2.45, 2.75) is 31.9 Å². The summed E-state index contributed by atoms with van der Waals surface area (Å²) in [5.41, 5.74) is 7.92. The topological polar surface area (TPSA) is 82.9 Å². The molecule has 5 nitrogen and oxygen atoms in total. The molecule has 0 N–H and O–H groups in total. The molecule has 11 heavy (non-hydrogen) atoms. The van der Waals surface area contributed by atoms with E-state index in [1.54, 1.807) is 13.8 Å². The van der Waals surface area contributed by atoms with Crippen LogP contribution in [0.5, 0.6) is 0 Å². The fourth-order valence-corrected chi connectivity index (χ4v) is 1.91. The van der Waals surface area contributed by atoms with Crippen LogP contribution in [0, 0.1) is 0 Å². The molecular formula is C5H11N3O2S. The molecule has 0 aliphatic heterocycles. The van der Waals surface area contributed by atoms with Crippen LogP contribution in [0.25, 0.3) is 10.4 Å². The Morgan fingerprint density at radius 3 is 2.18 bits per heavy atom. The summed E-state index contributed by atoms with van der Waals surface area (Å²) >= 11 is 0. The van der Waals surface area contributed by atoms with E-state index in [1.165, 1.54) is 0 Å². The zero-order valence-corrected chi connectivity index (χ0v) is 7.37. The Hall–Kier alpha value is -0.740. The first-order chi connectivity index (χ1) is 5.08. The lowest BCUT2D eigenvalue weighted by atomic mass is 10.3. The van der Waals surface area contributed by atoms with E-state index in [4.69, 9.17) is 5.53 Å². The molecule has 0 aliphatic rings. The third kappa shape index (κ3) is 2.78. The Morgan fingerprint density at radius 2 is 1.91 bits per heavy atom. The third-order valence-corrected chi connectivity index (χ3v) is 3.29. The van der Waals surface area contributed by atoms with Crippen molar-refractivity contribution < 1.29 is 8.42 Å². The van der Waals surface area contributed by atoms with Crippen molar-refractivity contribution in [1.29, 1.82) is 0 Å². The normalized spacial score (nSPS) is 11.2. The van der Waals surface area contributed by atoms with Gasteiger partial charge in [-0.1, -0.05) is 13.8 Å². The molecule has 0 rings (SSSR count). The summed E-state index contributed by atoms with van der Waals surface area (Å²) in [7, 11) is -3.56. The molecule has 0 saturated carbocycles. The van der Waals surface area contributed by atoms with Gasteiger partial charge in [-0.3, -0.25) is 0 Å². The van der Waals surface area contributed by atoms with Crippen LogP contribution in [0.1, 0.15) is 26.7 Å². The second-order valence-electron chi connectivity index (χ2n) is 2.12. The molecule has 0 aromatic heterocycles. The molecule has 0 radical (unpaired) electrons. The standard InChI is InChI=1S/C5H11N3O2S/c1-3-5(4-2)11(9,10)8-7-6/h5H,3-4H2,1-2H3. The van der Waals surface area contributed by atoms with Crippen molar-refractivity contribution in [3.63, 3.8) is 0 Å². The summed E-state index contributed by atoms with van der Waals surface area (Å²) < 4.78 is 24.7. The Bertz CT molecular complexity index is 249. The lowest BCUT2D eigenvalue weighted by Crippen LogP contribution is -2.16. The van der Waals surface area contributed by atoms with Crippen LogP contribution in [-0.4, -0.2) is 13.7 Å². The van der Waals surface area contributed by atoms with Gasteiger partial charge in [0.2, 0.25) is 10.0 Å². The van der Waals surface area contributed by atoms with Crippen molar-refractivity contribution in [3.8, 4) is 0 Å². The quantitative estimate of drug-likeness (QED) is 0.372. The Morgan fingerprint density at radius 1 is 1.45 bits per heavy atom. The summed E-state index contributed by atoms with van der Waals surface area (Å²) in [5.74, 6) is 0. The summed E-state index contributed by atoms with van der Waals surface area (Å²) in [5, 5.41) is -0.529. The molecule has 0 saturated heterocycles. The first-order valence-electron chi connectivity index (χ1n) is 3.38. The molecule has 6 heteroatoms. The first kappa shape index (κ1) is 10.3. The van der Waals surface area contributed by atoms with Crippen molar-refractivity contribution in [1.82, 2.24) is 0 Å². The largest absolute Gasteiger partial charge is 0.238 e. The predicted molar refractivity (Wildman–Crippen MR) is 42.4 cm³/mol. The van der Waals surface area contributed by atoms with Crippen LogP contribution in [0.15, 0.2) is 4.52 Å². The molecule has 0 atom stereocenters. The van der Waals surface area contributed by atoms with Crippen molar-refractivity contribution in [3.05, 3.63) is 10.4 Å². The van der Waals surface area contributed by atoms with Gasteiger partial charge in [0.1, 0.15) is 0 Å². The highest BCUT2D eigenvalue weighted by Gasteiger charge is 2.19. The van der Waals surface area contributed by atoms with Gasteiger partial charge in [0.25, 0.3) is 0 Å². The molecule has 0 bridgehead atoms. The molecule has 0 fully saturated rings. The lowest BCUT2D eigenvalue weighted by Gasteiger charge is -2.06. The highest BCUT2D eigenvalue weighted by Crippen LogP contribution is 2.11. The van der Waals surface area contributed by atoms with Gasteiger partial charge >= 0.3 is 0 Å². The Kier molecular flexibility index (Phi) is 3.92. The predicted octanol–water partition coefficient (Wildman–Crippen LogP) is 1.82. The second kappa shape index (κ2) is 4.20. The maximum atomic E-state index is 11.0. The average molecular weight is 177 g/mol. The van der Waals surface area contributed by atoms with E-state index < -0.39 is 15.3 Å². The van der Waals surface area contributed by atoms with Crippen LogP contribution < -0.4 is 0 Å². The minimum absolute atomic E-state index is 0.484. The van der Waals surface area contributed by atoms with E-state index in [0.717, 1.165) is 0 Å². The van der Waals surface area contributed by atoms with Gasteiger partial charge in [0, 0.05) is 9.43 Å². The maximum Gasteiger partial charge on any atom is 0.238 e. The fraction of sp³-hybridized carbons (Fsp3) is 1.00. The van der Waals surface area contributed by atoms with E-state index >= 15 is 0 Å². The molecule has 0 heterocycles. The minimum Gasteiger partial charge on any atom is -0.221 e. The number of nitrogens with zero attached hydrogens (tertiary/aromatic N) is 3. The van der Waals surface area contributed by atoms with Gasteiger partial charge in [-0.25, -0.2) is 8.42 Å². The van der Waals surface area contributed by atoms with E-state index in [9.17, 15) is 8.42 Å². The molecule has 0 amide bonds. The summed E-state index contributed by atoms with van der Waals surface area (Å²) in [4.78, 5) is 2.26. The molecule has 0 spiro atoms. The number of rotatable bonds is 4. The van der Waals surface area contributed by atoms with E-state index in [1.807, 2.05) is 0 Å². The SMILES string of the molecule is CCC(CC)S(=O)(=O)N=[N+]=[N-]. The van der Waals surface area contributed by atoms with Gasteiger partial charge in [0.15, 0.2) is 0 Å². The van der Waals surface area contributed by atoms with E-state index in [2.05, 4.69) is 9.43 Å². The van der Waals surface area contributed by atoms with Gasteiger partial charge in [-0.15, -0.1) is 0 Å². The zero-order chi connectivity index (χ0) is 8.91. The van der Waals surface area contributed by atoms with Crippen LogP contribution in [0.2, 0.25) is 0 Å². The summed E-state index contributed by atoms with van der Waals surface area (Å²) in [6.45, 7) is 3.50. The number of hydrogen-bond donors (Lipinski definition) is 0. The van der Waals surface area contributed by atoms with Crippen LogP contribution in [0.4, 0.5) is 0 Å². The van der Waals surface area contributed by atoms with Crippen LogP contribution in [0.3, 0.4) is 0 Å². The Labute approximate surface area is 66.1 Å². The van der Waals surface area contributed by atoms with E-state index in [-0.39, 0.29) is 0 Å². The van der Waals surface area contributed by atoms with Gasteiger partial charge in [-0.05, 0) is 18.4 Å². The van der Waals surface area contributed by atoms with Crippen LogP contribution >= 0.6 is 0 Å². The molecular weight excluding hydrogens is 166 g/mol. The first-order valence-corrected chi connectivity index (χ1v) is 4.89. The Balaban J connectivity index is 4.66. The molecule has 64 valence electrons. The number of azide groups is 1. The summed E-state index contributed by atoms with van der Waals surface area (Å²) in [6.07, 6.45) is 0.968. The van der Waals surface area contributed by atoms with Gasteiger partial charge in [-0.2, -0.15) is 0 Å². The van der Waals surface area contributed by atoms with Gasteiger partial charge in [0.05, 0.1) is 5.25 Å². The molecule has 0 aromatic carbocycles. The smallest absolute Gasteiger partial charge is 0.221 e. The fourth-order valence-electron chi connectivity index (χ4n) is 0.827. The lowest BCUT2D eigenvalue weighted by molar-refractivity contribution is 0.573.